The number of halogens is 1. The van der Waals surface area contributed by atoms with Crippen LogP contribution in [0.4, 0.5) is 15.9 Å². The summed E-state index contributed by atoms with van der Waals surface area (Å²) in [6.45, 7) is 0.550. The molecule has 0 unspecified atom stereocenters. The third kappa shape index (κ3) is 5.29. The molecule has 29 heavy (non-hydrogen) atoms. The highest BCUT2D eigenvalue weighted by Gasteiger charge is 2.18. The molecule has 3 aromatic rings. The summed E-state index contributed by atoms with van der Waals surface area (Å²) in [6.07, 6.45) is 7.84. The van der Waals surface area contributed by atoms with Gasteiger partial charge < -0.3 is 16.4 Å². The van der Waals surface area contributed by atoms with Crippen molar-refractivity contribution in [1.82, 2.24) is 9.97 Å². The molecule has 0 spiro atoms. The van der Waals surface area contributed by atoms with Crippen molar-refractivity contribution in [3.8, 4) is 11.3 Å². The minimum atomic E-state index is -0.225. The van der Waals surface area contributed by atoms with E-state index in [2.05, 4.69) is 20.6 Å². The second-order valence-electron chi connectivity index (χ2n) is 7.60. The molecule has 0 saturated heterocycles. The number of nitrogens with two attached hydrogens (primary N) is 1. The van der Waals surface area contributed by atoms with E-state index in [0.717, 1.165) is 54.0 Å². The number of benzene rings is 1. The zero-order chi connectivity index (χ0) is 20.1. The fourth-order valence-electron chi connectivity index (χ4n) is 3.69. The molecule has 0 radical (unpaired) electrons. The van der Waals surface area contributed by atoms with Crippen molar-refractivity contribution >= 4 is 11.5 Å². The number of hydrogen-bond acceptors (Lipinski definition) is 5. The third-order valence-electron chi connectivity index (χ3n) is 5.33. The summed E-state index contributed by atoms with van der Waals surface area (Å²) in [4.78, 5) is 8.97. The third-order valence-corrected chi connectivity index (χ3v) is 5.33. The van der Waals surface area contributed by atoms with Gasteiger partial charge in [-0.15, -0.1) is 0 Å². The van der Waals surface area contributed by atoms with Gasteiger partial charge >= 0.3 is 0 Å². The zero-order valence-corrected chi connectivity index (χ0v) is 16.3. The van der Waals surface area contributed by atoms with E-state index in [-0.39, 0.29) is 5.82 Å². The lowest BCUT2D eigenvalue weighted by atomic mass is 9.92. The minimum Gasteiger partial charge on any atom is -0.381 e. The van der Waals surface area contributed by atoms with E-state index >= 15 is 0 Å². The molecule has 2 heterocycles. The first-order valence-electron chi connectivity index (χ1n) is 10.1. The molecule has 5 nitrogen and oxygen atoms in total. The maximum Gasteiger partial charge on any atom is 0.126 e. The van der Waals surface area contributed by atoms with Crippen molar-refractivity contribution in [2.24, 2.45) is 5.73 Å². The summed E-state index contributed by atoms with van der Waals surface area (Å²) < 4.78 is 13.3. The highest BCUT2D eigenvalue weighted by atomic mass is 19.1. The lowest BCUT2D eigenvalue weighted by Gasteiger charge is -2.27. The first kappa shape index (κ1) is 19.3. The molecule has 2 aromatic heterocycles. The van der Waals surface area contributed by atoms with Gasteiger partial charge in [0, 0.05) is 42.3 Å². The van der Waals surface area contributed by atoms with Crippen LogP contribution in [-0.2, 0) is 6.54 Å². The Morgan fingerprint density at radius 1 is 0.966 bits per heavy atom. The smallest absolute Gasteiger partial charge is 0.126 e. The standard InChI is InChI=1S/C23H26FN5/c24-18-3-1-2-16(12-18)15-28-21-9-11-26-22(14-21)17-8-10-27-23(13-17)29-20-6-4-19(25)5-7-20/h1-3,8-14,19-20H,4-7,15,25H2,(H,26,28)(H,27,29). The van der Waals surface area contributed by atoms with Crippen molar-refractivity contribution in [1.29, 1.82) is 0 Å². The number of anilines is 2. The lowest BCUT2D eigenvalue weighted by molar-refractivity contribution is 0.410. The maximum atomic E-state index is 13.3. The van der Waals surface area contributed by atoms with Crippen LogP contribution in [0.1, 0.15) is 31.2 Å². The maximum absolute atomic E-state index is 13.3. The minimum absolute atomic E-state index is 0.225. The fourth-order valence-corrected chi connectivity index (χ4v) is 3.69. The molecule has 0 aliphatic heterocycles. The fraction of sp³-hybridized carbons (Fsp3) is 0.304. The molecule has 1 fully saturated rings. The van der Waals surface area contributed by atoms with Crippen molar-refractivity contribution in [3.05, 3.63) is 72.3 Å². The Labute approximate surface area is 170 Å². The normalized spacial score (nSPS) is 19.0. The second kappa shape index (κ2) is 9.01. The van der Waals surface area contributed by atoms with E-state index in [9.17, 15) is 4.39 Å². The molecule has 4 rings (SSSR count). The topological polar surface area (TPSA) is 75.9 Å². The molecule has 1 saturated carbocycles. The molecule has 0 bridgehead atoms. The van der Waals surface area contributed by atoms with Gasteiger partial charge in [0.15, 0.2) is 0 Å². The molecule has 0 amide bonds. The summed E-state index contributed by atoms with van der Waals surface area (Å²) in [5.41, 5.74) is 9.70. The Balaban J connectivity index is 1.43. The van der Waals surface area contributed by atoms with Gasteiger partial charge in [0.1, 0.15) is 11.6 Å². The Kier molecular flexibility index (Phi) is 6.00. The quantitative estimate of drug-likeness (QED) is 0.574. The number of aromatic nitrogens is 2. The number of nitrogens with one attached hydrogen (secondary N) is 2. The highest BCUT2D eigenvalue weighted by molar-refractivity contribution is 5.66. The van der Waals surface area contributed by atoms with E-state index in [1.54, 1.807) is 18.5 Å². The first-order chi connectivity index (χ1) is 14.2. The van der Waals surface area contributed by atoms with Gasteiger partial charge in [0.05, 0.1) is 5.69 Å². The summed E-state index contributed by atoms with van der Waals surface area (Å²) in [5.74, 6) is 0.638. The molecule has 1 aromatic carbocycles. The highest BCUT2D eigenvalue weighted by Crippen LogP contribution is 2.25. The van der Waals surface area contributed by atoms with Crippen molar-refractivity contribution in [2.75, 3.05) is 10.6 Å². The van der Waals surface area contributed by atoms with Gasteiger partial charge in [-0.2, -0.15) is 0 Å². The first-order valence-corrected chi connectivity index (χ1v) is 10.1. The average Bonchev–Trinajstić information content (AvgIpc) is 2.74. The van der Waals surface area contributed by atoms with Gasteiger partial charge in [-0.3, -0.25) is 4.98 Å². The molecule has 1 aliphatic rings. The van der Waals surface area contributed by atoms with E-state index in [1.165, 1.54) is 12.1 Å². The van der Waals surface area contributed by atoms with Crippen LogP contribution in [0.15, 0.2) is 60.9 Å². The summed E-state index contributed by atoms with van der Waals surface area (Å²) in [6, 6.07) is 15.3. The van der Waals surface area contributed by atoms with Crippen LogP contribution in [0.25, 0.3) is 11.3 Å². The SMILES string of the molecule is NC1CCC(Nc2cc(-c3cc(NCc4cccc(F)c4)ccn3)ccn2)CC1. The van der Waals surface area contributed by atoms with Gasteiger partial charge in [-0.1, -0.05) is 12.1 Å². The Hall–Kier alpha value is -2.99. The predicted octanol–water partition coefficient (Wildman–Crippen LogP) is 4.58. The van der Waals surface area contributed by atoms with Crippen LogP contribution < -0.4 is 16.4 Å². The second-order valence-corrected chi connectivity index (χ2v) is 7.60. The molecule has 0 atom stereocenters. The average molecular weight is 391 g/mol. The number of pyridine rings is 2. The van der Waals surface area contributed by atoms with E-state index in [4.69, 9.17) is 5.73 Å². The van der Waals surface area contributed by atoms with Crippen LogP contribution in [0.3, 0.4) is 0 Å². The lowest BCUT2D eigenvalue weighted by Crippen LogP contribution is -2.32. The van der Waals surface area contributed by atoms with E-state index < -0.39 is 0 Å². The van der Waals surface area contributed by atoms with Gasteiger partial charge in [0.2, 0.25) is 0 Å². The Morgan fingerprint density at radius 3 is 2.62 bits per heavy atom. The van der Waals surface area contributed by atoms with Crippen LogP contribution in [0.5, 0.6) is 0 Å². The van der Waals surface area contributed by atoms with Gasteiger partial charge in [-0.05, 0) is 67.6 Å². The van der Waals surface area contributed by atoms with Crippen molar-refractivity contribution in [3.63, 3.8) is 0 Å². The largest absolute Gasteiger partial charge is 0.381 e. The zero-order valence-electron chi connectivity index (χ0n) is 16.3. The van der Waals surface area contributed by atoms with Crippen LogP contribution >= 0.6 is 0 Å². The molecule has 150 valence electrons. The molecule has 1 aliphatic carbocycles. The molecular weight excluding hydrogens is 365 g/mol. The van der Waals surface area contributed by atoms with E-state index in [1.807, 2.05) is 30.3 Å². The van der Waals surface area contributed by atoms with Crippen LogP contribution in [-0.4, -0.2) is 22.1 Å². The molecule has 6 heteroatoms. The van der Waals surface area contributed by atoms with Crippen LogP contribution in [0, 0.1) is 5.82 Å². The van der Waals surface area contributed by atoms with Gasteiger partial charge in [0.25, 0.3) is 0 Å². The number of hydrogen-bond donors (Lipinski definition) is 3. The van der Waals surface area contributed by atoms with E-state index in [0.29, 0.717) is 18.6 Å². The van der Waals surface area contributed by atoms with Crippen molar-refractivity contribution in [2.45, 2.75) is 44.3 Å². The number of rotatable bonds is 6. The molecule has 4 N–H and O–H groups in total. The monoisotopic (exact) mass is 391 g/mol. The summed E-state index contributed by atoms with van der Waals surface area (Å²) in [7, 11) is 0. The molecular formula is C23H26FN5. The Bertz CT molecular complexity index is 953. The van der Waals surface area contributed by atoms with Gasteiger partial charge in [-0.25, -0.2) is 9.37 Å². The number of nitrogens with zero attached hydrogens (tertiary/aromatic N) is 2. The summed E-state index contributed by atoms with van der Waals surface area (Å²) >= 11 is 0. The van der Waals surface area contributed by atoms with Crippen molar-refractivity contribution < 1.29 is 4.39 Å². The predicted molar refractivity (Wildman–Crippen MR) is 115 cm³/mol. The van der Waals surface area contributed by atoms with Crippen LogP contribution in [0.2, 0.25) is 0 Å². The summed E-state index contributed by atoms with van der Waals surface area (Å²) in [5, 5.41) is 6.87. The Morgan fingerprint density at radius 2 is 1.79 bits per heavy atom.